The Morgan fingerprint density at radius 2 is 2.00 bits per heavy atom. The Morgan fingerprint density at radius 1 is 1.15 bits per heavy atom. The monoisotopic (exact) mass is 455 g/mol. The van der Waals surface area contributed by atoms with E-state index in [1.807, 2.05) is 54.6 Å². The van der Waals surface area contributed by atoms with Crippen molar-refractivity contribution in [3.63, 3.8) is 0 Å². The Hall–Kier alpha value is -3.98. The third-order valence-corrected chi connectivity index (χ3v) is 6.67. The number of methoxy groups -OCH3 is 1. The number of carboxylic acid groups (broad SMARTS) is 1. The van der Waals surface area contributed by atoms with Crippen LogP contribution < -0.4 is 14.2 Å². The molecule has 34 heavy (non-hydrogen) atoms. The summed E-state index contributed by atoms with van der Waals surface area (Å²) in [5, 5.41) is 18.8. The van der Waals surface area contributed by atoms with E-state index >= 15 is 0 Å². The van der Waals surface area contributed by atoms with Gasteiger partial charge in [0.2, 0.25) is 0 Å². The Morgan fingerprint density at radius 3 is 2.79 bits per heavy atom. The van der Waals surface area contributed by atoms with E-state index in [0.717, 1.165) is 40.8 Å². The summed E-state index contributed by atoms with van der Waals surface area (Å²) in [6, 6.07) is 19.8. The molecule has 6 nitrogen and oxygen atoms in total. The zero-order chi connectivity index (χ0) is 23.7. The first-order valence-electron chi connectivity index (χ1n) is 11.4. The van der Waals surface area contributed by atoms with Gasteiger partial charge < -0.3 is 19.3 Å². The highest BCUT2D eigenvalue weighted by molar-refractivity contribution is 5.68. The number of hydrogen-bond acceptors (Lipinski definition) is 5. The van der Waals surface area contributed by atoms with Crippen molar-refractivity contribution in [1.29, 1.82) is 5.26 Å². The fourth-order valence-corrected chi connectivity index (χ4v) is 5.03. The van der Waals surface area contributed by atoms with Crippen molar-refractivity contribution in [2.45, 2.75) is 37.7 Å². The molecule has 1 aliphatic heterocycles. The third-order valence-electron chi connectivity index (χ3n) is 6.67. The van der Waals surface area contributed by atoms with Gasteiger partial charge in [-0.3, -0.25) is 4.79 Å². The number of carbonyl (C=O) groups is 1. The normalized spacial score (nSPS) is 17.9. The molecule has 0 amide bonds. The van der Waals surface area contributed by atoms with Crippen LogP contribution in [0.2, 0.25) is 0 Å². The first-order valence-corrected chi connectivity index (χ1v) is 11.4. The topological polar surface area (TPSA) is 88.8 Å². The van der Waals surface area contributed by atoms with E-state index in [9.17, 15) is 10.1 Å². The van der Waals surface area contributed by atoms with Crippen molar-refractivity contribution in [3.8, 4) is 23.3 Å². The summed E-state index contributed by atoms with van der Waals surface area (Å²) in [4.78, 5) is 11.1. The van der Waals surface area contributed by atoms with Crippen LogP contribution in [-0.2, 0) is 17.6 Å². The maximum Gasteiger partial charge on any atom is 0.304 e. The minimum absolute atomic E-state index is 0.0560. The van der Waals surface area contributed by atoms with Crippen molar-refractivity contribution in [2.75, 3.05) is 13.7 Å². The largest absolute Gasteiger partial charge is 0.497 e. The van der Waals surface area contributed by atoms with Crippen molar-refractivity contribution in [2.24, 2.45) is 0 Å². The lowest BCUT2D eigenvalue weighted by Gasteiger charge is -2.17. The fourth-order valence-electron chi connectivity index (χ4n) is 5.03. The second kappa shape index (κ2) is 9.11. The quantitative estimate of drug-likeness (QED) is 0.528. The van der Waals surface area contributed by atoms with Crippen molar-refractivity contribution < 1.29 is 24.1 Å². The highest BCUT2D eigenvalue weighted by Gasteiger charge is 2.30. The van der Waals surface area contributed by atoms with E-state index in [2.05, 4.69) is 6.07 Å². The molecule has 0 bridgehead atoms. The summed E-state index contributed by atoms with van der Waals surface area (Å²) >= 11 is 0. The molecule has 3 aromatic carbocycles. The molecule has 0 spiro atoms. The first kappa shape index (κ1) is 21.8. The molecule has 1 unspecified atom stereocenters. The molecule has 1 heterocycles. The fraction of sp³-hybridized carbons (Fsp3) is 0.286. The van der Waals surface area contributed by atoms with E-state index < -0.39 is 5.97 Å². The molecular weight excluding hydrogens is 430 g/mol. The van der Waals surface area contributed by atoms with Gasteiger partial charge in [-0.1, -0.05) is 24.3 Å². The maximum absolute atomic E-state index is 11.1. The molecule has 2 atom stereocenters. The Kier molecular flexibility index (Phi) is 5.85. The van der Waals surface area contributed by atoms with Gasteiger partial charge in [0.1, 0.15) is 23.4 Å². The van der Waals surface area contributed by atoms with Crippen molar-refractivity contribution >= 4 is 5.97 Å². The van der Waals surface area contributed by atoms with Crippen molar-refractivity contribution in [3.05, 3.63) is 88.0 Å². The number of aliphatic carboxylic acids is 1. The number of hydrogen-bond donors (Lipinski definition) is 1. The van der Waals surface area contributed by atoms with E-state index in [1.54, 1.807) is 7.11 Å². The standard InChI is InChI=1S/C28H25NO5/c1-32-20-4-2-3-17(11-20)12-25-18(15-29)5-7-24-23(25)9-10-26(24)34-21-6-8-22-19(13-28(30)31)16-33-27(22)14-21/h2-8,11,14,19,26H,9-10,12-13,16H2,1H3,(H,30,31)/t19?,26-/m1/s1. The van der Waals surface area contributed by atoms with Gasteiger partial charge in [0.05, 0.1) is 31.8 Å². The van der Waals surface area contributed by atoms with Crippen LogP contribution >= 0.6 is 0 Å². The van der Waals surface area contributed by atoms with Crippen LogP contribution in [0.4, 0.5) is 0 Å². The summed E-state index contributed by atoms with van der Waals surface area (Å²) in [7, 11) is 1.65. The molecule has 172 valence electrons. The number of carboxylic acids is 1. The van der Waals surface area contributed by atoms with Gasteiger partial charge in [-0.2, -0.15) is 5.26 Å². The van der Waals surface area contributed by atoms with Crippen LogP contribution in [0, 0.1) is 11.3 Å². The van der Waals surface area contributed by atoms with Crippen molar-refractivity contribution in [1.82, 2.24) is 0 Å². The molecule has 1 aliphatic carbocycles. The number of benzene rings is 3. The van der Waals surface area contributed by atoms with Gasteiger partial charge in [0.25, 0.3) is 0 Å². The summed E-state index contributed by atoms with van der Waals surface area (Å²) in [5.41, 5.74) is 6.06. The zero-order valence-corrected chi connectivity index (χ0v) is 18.9. The molecule has 0 radical (unpaired) electrons. The number of ether oxygens (including phenoxy) is 3. The van der Waals surface area contributed by atoms with Crippen LogP contribution in [0.5, 0.6) is 17.2 Å². The number of nitriles is 1. The summed E-state index contributed by atoms with van der Waals surface area (Å²) < 4.78 is 17.4. The minimum Gasteiger partial charge on any atom is -0.497 e. The molecule has 0 fully saturated rings. The summed E-state index contributed by atoms with van der Waals surface area (Å²) in [5.74, 6) is 1.24. The second-order valence-electron chi connectivity index (χ2n) is 8.75. The summed E-state index contributed by atoms with van der Waals surface area (Å²) in [6.07, 6.45) is 2.28. The molecule has 2 aliphatic rings. The molecule has 0 saturated carbocycles. The lowest BCUT2D eigenvalue weighted by atomic mass is 9.92. The molecule has 1 N–H and O–H groups in total. The van der Waals surface area contributed by atoms with Crippen LogP contribution in [0.15, 0.2) is 54.6 Å². The number of rotatable bonds is 7. The molecule has 0 aromatic heterocycles. The van der Waals surface area contributed by atoms with Crippen LogP contribution in [0.3, 0.4) is 0 Å². The van der Waals surface area contributed by atoms with Gasteiger partial charge in [0, 0.05) is 17.5 Å². The third kappa shape index (κ3) is 4.17. The van der Waals surface area contributed by atoms with Gasteiger partial charge in [-0.15, -0.1) is 0 Å². The summed E-state index contributed by atoms with van der Waals surface area (Å²) in [6.45, 7) is 0.377. The van der Waals surface area contributed by atoms with Gasteiger partial charge in [-0.25, -0.2) is 0 Å². The van der Waals surface area contributed by atoms with Gasteiger partial charge >= 0.3 is 5.97 Å². The van der Waals surface area contributed by atoms with Crippen LogP contribution in [0.1, 0.15) is 58.2 Å². The second-order valence-corrected chi connectivity index (χ2v) is 8.75. The number of fused-ring (bicyclic) bond motifs is 2. The van der Waals surface area contributed by atoms with E-state index in [1.165, 1.54) is 5.56 Å². The van der Waals surface area contributed by atoms with Crippen LogP contribution in [-0.4, -0.2) is 24.8 Å². The highest BCUT2D eigenvalue weighted by atomic mass is 16.5. The molecule has 6 heteroatoms. The smallest absolute Gasteiger partial charge is 0.304 e. The van der Waals surface area contributed by atoms with E-state index in [-0.39, 0.29) is 18.4 Å². The predicted octanol–water partition coefficient (Wildman–Crippen LogP) is 5.17. The lowest BCUT2D eigenvalue weighted by molar-refractivity contribution is -0.137. The predicted molar refractivity (Wildman–Crippen MR) is 126 cm³/mol. The minimum atomic E-state index is -0.828. The molecule has 5 rings (SSSR count). The van der Waals surface area contributed by atoms with E-state index in [0.29, 0.717) is 30.1 Å². The van der Waals surface area contributed by atoms with E-state index in [4.69, 9.17) is 19.3 Å². The lowest BCUT2D eigenvalue weighted by Crippen LogP contribution is -2.07. The molecule has 0 saturated heterocycles. The number of nitrogens with zero attached hydrogens (tertiary/aromatic N) is 1. The Labute approximate surface area is 198 Å². The molecular formula is C28H25NO5. The Bertz CT molecular complexity index is 1290. The SMILES string of the molecule is COc1cccc(Cc2c(C#N)ccc3c2CC[C@H]3Oc2ccc3c(c2)OCC3CC(=O)O)c1. The highest BCUT2D eigenvalue weighted by Crippen LogP contribution is 2.42. The molecule has 3 aromatic rings. The first-order chi connectivity index (χ1) is 16.6. The zero-order valence-electron chi connectivity index (χ0n) is 18.9. The average Bonchev–Trinajstić information content (AvgIpc) is 3.43. The van der Waals surface area contributed by atoms with Crippen LogP contribution in [0.25, 0.3) is 0 Å². The van der Waals surface area contributed by atoms with Gasteiger partial charge in [0.15, 0.2) is 0 Å². The maximum atomic E-state index is 11.1. The Balaban J connectivity index is 1.39. The average molecular weight is 456 g/mol. The van der Waals surface area contributed by atoms with Gasteiger partial charge in [-0.05, 0) is 65.8 Å².